The third kappa shape index (κ3) is 2.16. The van der Waals surface area contributed by atoms with Gasteiger partial charge in [0.05, 0.1) is 17.7 Å². The van der Waals surface area contributed by atoms with E-state index >= 15 is 0 Å². The Balaban J connectivity index is 1.51. The molecule has 2 N–H and O–H groups in total. The van der Waals surface area contributed by atoms with Gasteiger partial charge in [0, 0.05) is 12.1 Å². The van der Waals surface area contributed by atoms with Gasteiger partial charge in [-0.15, -0.1) is 5.10 Å². The summed E-state index contributed by atoms with van der Waals surface area (Å²) in [5.74, 6) is 2.08. The maximum Gasteiger partial charge on any atom is 0.231 e. The molecule has 0 atom stereocenters. The fraction of sp³-hybridized carbons (Fsp3) is 0.200. The second-order valence-electron chi connectivity index (χ2n) is 4.89. The van der Waals surface area contributed by atoms with E-state index in [0.717, 1.165) is 11.0 Å². The summed E-state index contributed by atoms with van der Waals surface area (Å²) in [6.45, 7) is 1.25. The third-order valence-electron chi connectivity index (χ3n) is 3.49. The number of nitrogen functional groups attached to an aromatic ring is 1. The molecule has 0 amide bonds. The molecule has 0 spiro atoms. The van der Waals surface area contributed by atoms with E-state index in [1.807, 2.05) is 30.3 Å². The Labute approximate surface area is 126 Å². The normalized spacial score (nSPS) is 12.7. The van der Waals surface area contributed by atoms with Gasteiger partial charge in [-0.1, -0.05) is 17.3 Å². The Morgan fingerprint density at radius 2 is 2.00 bits per heavy atom. The molecule has 22 heavy (non-hydrogen) atoms. The van der Waals surface area contributed by atoms with Crippen molar-refractivity contribution in [1.82, 2.24) is 15.0 Å². The topological polar surface area (TPSA) is 84.4 Å². The molecule has 7 heteroatoms. The highest BCUT2D eigenvalue weighted by atomic mass is 16.7. The summed E-state index contributed by atoms with van der Waals surface area (Å²) in [5, 5.41) is 8.27. The molecule has 2 aromatic carbocycles. The molecule has 0 radical (unpaired) electrons. The van der Waals surface area contributed by atoms with Gasteiger partial charge in [0.25, 0.3) is 0 Å². The average Bonchev–Trinajstić information content (AvgIpc) is 3.13. The lowest BCUT2D eigenvalue weighted by molar-refractivity contribution is 0.174. The van der Waals surface area contributed by atoms with Crippen molar-refractivity contribution in [1.29, 1.82) is 0 Å². The quantitative estimate of drug-likeness (QED) is 0.740. The number of benzene rings is 2. The van der Waals surface area contributed by atoms with Gasteiger partial charge in [-0.2, -0.15) is 0 Å². The van der Waals surface area contributed by atoms with Gasteiger partial charge < -0.3 is 19.9 Å². The molecular formula is C15H14N4O3. The lowest BCUT2D eigenvalue weighted by Crippen LogP contribution is -2.10. The van der Waals surface area contributed by atoms with Crippen LogP contribution in [0.15, 0.2) is 36.4 Å². The maximum atomic E-state index is 5.84. The van der Waals surface area contributed by atoms with Crippen LogP contribution in [0.5, 0.6) is 17.2 Å². The summed E-state index contributed by atoms with van der Waals surface area (Å²) < 4.78 is 18.2. The summed E-state index contributed by atoms with van der Waals surface area (Å²) >= 11 is 0. The van der Waals surface area contributed by atoms with Crippen LogP contribution in [0.3, 0.4) is 0 Å². The molecule has 0 saturated carbocycles. The molecule has 0 saturated heterocycles. The van der Waals surface area contributed by atoms with Crippen molar-refractivity contribution in [3.63, 3.8) is 0 Å². The minimum absolute atomic E-state index is 0.242. The van der Waals surface area contributed by atoms with E-state index in [4.69, 9.17) is 19.9 Å². The predicted octanol–water partition coefficient (Wildman–Crippen LogP) is 1.82. The molecule has 4 rings (SSSR count). The van der Waals surface area contributed by atoms with Gasteiger partial charge in [0.15, 0.2) is 11.5 Å². The van der Waals surface area contributed by atoms with Gasteiger partial charge in [-0.25, -0.2) is 4.68 Å². The van der Waals surface area contributed by atoms with Crippen molar-refractivity contribution in [3.8, 4) is 17.2 Å². The molecule has 1 aliphatic rings. The van der Waals surface area contributed by atoms with E-state index in [1.165, 1.54) is 0 Å². The highest BCUT2D eigenvalue weighted by Crippen LogP contribution is 2.35. The van der Waals surface area contributed by atoms with Crippen LogP contribution in [0.2, 0.25) is 0 Å². The molecule has 7 nitrogen and oxygen atoms in total. The number of hydrogen-bond donors (Lipinski definition) is 1. The largest absolute Gasteiger partial charge is 0.489 e. The average molecular weight is 298 g/mol. The first-order valence-corrected chi connectivity index (χ1v) is 6.91. The molecule has 1 aromatic heterocycles. The number of ether oxygens (including phenoxy) is 3. The van der Waals surface area contributed by atoms with Crippen LogP contribution in [-0.2, 0) is 6.54 Å². The van der Waals surface area contributed by atoms with Crippen molar-refractivity contribution >= 4 is 16.7 Å². The van der Waals surface area contributed by atoms with E-state index < -0.39 is 0 Å². The van der Waals surface area contributed by atoms with Crippen molar-refractivity contribution in [2.24, 2.45) is 0 Å². The number of aromatic nitrogens is 3. The van der Waals surface area contributed by atoms with Crippen molar-refractivity contribution in [3.05, 3.63) is 36.4 Å². The first-order valence-electron chi connectivity index (χ1n) is 6.91. The predicted molar refractivity (Wildman–Crippen MR) is 80.0 cm³/mol. The fourth-order valence-electron chi connectivity index (χ4n) is 2.38. The minimum Gasteiger partial charge on any atom is -0.489 e. The molecule has 0 bridgehead atoms. The van der Waals surface area contributed by atoms with Gasteiger partial charge in [-0.05, 0) is 12.1 Å². The highest BCUT2D eigenvalue weighted by Gasteiger charge is 2.17. The van der Waals surface area contributed by atoms with E-state index in [0.29, 0.717) is 36.1 Å². The Bertz CT molecular complexity index is 831. The Kier molecular flexibility index (Phi) is 2.96. The van der Waals surface area contributed by atoms with Crippen LogP contribution in [0.4, 0.5) is 5.69 Å². The maximum absolute atomic E-state index is 5.84. The monoisotopic (exact) mass is 298 g/mol. The summed E-state index contributed by atoms with van der Waals surface area (Å²) in [7, 11) is 0. The summed E-state index contributed by atoms with van der Waals surface area (Å²) in [6, 6.07) is 11.1. The first-order chi connectivity index (χ1) is 10.8. The molecule has 0 fully saturated rings. The van der Waals surface area contributed by atoms with Crippen LogP contribution >= 0.6 is 0 Å². The minimum atomic E-state index is 0.242. The lowest BCUT2D eigenvalue weighted by Gasteiger charge is -2.08. The second-order valence-corrected chi connectivity index (χ2v) is 4.89. The summed E-state index contributed by atoms with van der Waals surface area (Å²) in [5.41, 5.74) is 8.11. The van der Waals surface area contributed by atoms with E-state index in [-0.39, 0.29) is 6.79 Å². The zero-order valence-corrected chi connectivity index (χ0v) is 11.7. The molecule has 112 valence electrons. The van der Waals surface area contributed by atoms with E-state index in [2.05, 4.69) is 10.3 Å². The van der Waals surface area contributed by atoms with Crippen LogP contribution in [0.25, 0.3) is 11.0 Å². The first kappa shape index (κ1) is 12.8. The van der Waals surface area contributed by atoms with Crippen LogP contribution in [0, 0.1) is 0 Å². The summed E-state index contributed by atoms with van der Waals surface area (Å²) in [6.07, 6.45) is 0. The van der Waals surface area contributed by atoms with Crippen molar-refractivity contribution in [2.75, 3.05) is 19.1 Å². The standard InChI is InChI=1S/C15H14N4O3/c16-10-3-1-2-4-13(10)20-6-5-19-12-8-15-14(21-9-22-15)7-11(12)17-18-19/h1-4,7-8H,5-6,9,16H2. The zero-order valence-electron chi connectivity index (χ0n) is 11.7. The van der Waals surface area contributed by atoms with Gasteiger partial charge >= 0.3 is 0 Å². The highest BCUT2D eigenvalue weighted by molar-refractivity contribution is 5.79. The molecule has 1 aliphatic heterocycles. The molecule has 2 heterocycles. The Hall–Kier alpha value is -2.96. The van der Waals surface area contributed by atoms with E-state index in [9.17, 15) is 0 Å². The zero-order chi connectivity index (χ0) is 14.9. The third-order valence-corrected chi connectivity index (χ3v) is 3.49. The number of nitrogens with two attached hydrogens (primary N) is 1. The van der Waals surface area contributed by atoms with Gasteiger partial charge in [0.1, 0.15) is 17.9 Å². The Morgan fingerprint density at radius 1 is 1.18 bits per heavy atom. The number of nitrogens with zero attached hydrogens (tertiary/aromatic N) is 3. The molecular weight excluding hydrogens is 284 g/mol. The SMILES string of the molecule is Nc1ccccc1OCCn1nnc2cc3c(cc21)OCO3. The fourth-order valence-corrected chi connectivity index (χ4v) is 2.38. The number of hydrogen-bond acceptors (Lipinski definition) is 6. The molecule has 3 aromatic rings. The van der Waals surface area contributed by atoms with Crippen molar-refractivity contribution in [2.45, 2.75) is 6.54 Å². The van der Waals surface area contributed by atoms with Crippen LogP contribution in [-0.4, -0.2) is 28.4 Å². The van der Waals surface area contributed by atoms with Crippen molar-refractivity contribution < 1.29 is 14.2 Å². The number of para-hydroxylation sites is 2. The number of anilines is 1. The lowest BCUT2D eigenvalue weighted by atomic mass is 10.2. The van der Waals surface area contributed by atoms with Crippen LogP contribution < -0.4 is 19.9 Å². The number of rotatable bonds is 4. The summed E-state index contributed by atoms with van der Waals surface area (Å²) in [4.78, 5) is 0. The smallest absolute Gasteiger partial charge is 0.231 e. The van der Waals surface area contributed by atoms with Gasteiger partial charge in [-0.3, -0.25) is 0 Å². The van der Waals surface area contributed by atoms with E-state index in [1.54, 1.807) is 10.7 Å². The second kappa shape index (κ2) is 5.10. The Morgan fingerprint density at radius 3 is 2.86 bits per heavy atom. The number of fused-ring (bicyclic) bond motifs is 2. The van der Waals surface area contributed by atoms with Gasteiger partial charge in [0.2, 0.25) is 6.79 Å². The molecule has 0 unspecified atom stereocenters. The molecule has 0 aliphatic carbocycles. The van der Waals surface area contributed by atoms with Crippen LogP contribution in [0.1, 0.15) is 0 Å².